The number of methoxy groups -OCH3 is 2. The maximum atomic E-state index is 14.8. The van der Waals surface area contributed by atoms with Crippen LogP contribution in [0.4, 0.5) is 0 Å². The van der Waals surface area contributed by atoms with Crippen LogP contribution in [0.5, 0.6) is 23.0 Å². The van der Waals surface area contributed by atoms with E-state index in [1.165, 1.54) is 35.8 Å². The van der Waals surface area contributed by atoms with Crippen LogP contribution >= 0.6 is 21.6 Å². The Bertz CT molecular complexity index is 2260. The van der Waals surface area contributed by atoms with Crippen molar-refractivity contribution in [3.63, 3.8) is 0 Å². The molecule has 6 N–H and O–H groups in total. The van der Waals surface area contributed by atoms with Crippen molar-refractivity contribution in [2.45, 2.75) is 119 Å². The number of fused-ring (bicyclic) bond motifs is 11. The number of phenols is 4. The van der Waals surface area contributed by atoms with Gasteiger partial charge in [-0.1, -0.05) is 120 Å². The molecule has 0 aliphatic carbocycles. The summed E-state index contributed by atoms with van der Waals surface area (Å²) in [4.78, 5) is 60.1. The number of esters is 2. The predicted molar refractivity (Wildman–Crippen MR) is 266 cm³/mol. The van der Waals surface area contributed by atoms with Crippen LogP contribution in [0.3, 0.4) is 0 Å². The van der Waals surface area contributed by atoms with Crippen molar-refractivity contribution in [3.05, 3.63) is 115 Å². The lowest BCUT2D eigenvalue weighted by atomic mass is 9.92. The molecule has 4 aromatic carbocycles. The molecule has 2 amide bonds. The van der Waals surface area contributed by atoms with Gasteiger partial charge in [0, 0.05) is 72.8 Å². The van der Waals surface area contributed by atoms with Gasteiger partial charge in [0.2, 0.25) is 11.8 Å². The molecular formula is C52H66N4O10S2. The standard InChI is InChI=1S/C52H66N4O10S2/c1-27(2)43-49(61)53-41(51(63)65-9)25-67-68-26-42(52(64)66-10)54-50(62)44(28(3)4)56-23-39-17-31(7)13-35(47(39)59)19-33-11-29(5)15-37(45(33)57)21-55(43)22-38-16-30(6)12-34(46(38)58)20-36-14-32(8)18-40(24-56)48(36)60/h11-18,27-28,41-44,57-60H,19-26H2,1-10H3,(H,53,61)(H,54,62)/t41-,42?,43-,44+/m0/s1. The number of phenolic OH excluding ortho intramolecular Hbond substituents is 4. The Labute approximate surface area is 407 Å². The van der Waals surface area contributed by atoms with Crippen molar-refractivity contribution >= 4 is 45.3 Å². The Hall–Kier alpha value is -5.42. The van der Waals surface area contributed by atoms with Crippen LogP contribution in [0, 0.1) is 39.5 Å². The number of aromatic hydroxyl groups is 4. The first kappa shape index (κ1) is 52.0. The lowest BCUT2D eigenvalue weighted by Crippen LogP contribution is -2.54. The molecule has 7 rings (SSSR count). The van der Waals surface area contributed by atoms with E-state index >= 15 is 0 Å². The Morgan fingerprint density at radius 1 is 0.515 bits per heavy atom. The number of rotatable bonds is 4. The molecule has 3 aliphatic rings. The summed E-state index contributed by atoms with van der Waals surface area (Å²) in [5.41, 5.74) is 7.51. The van der Waals surface area contributed by atoms with Gasteiger partial charge in [-0.25, -0.2) is 9.59 Å². The van der Waals surface area contributed by atoms with Crippen molar-refractivity contribution in [1.82, 2.24) is 20.4 Å². The molecule has 1 unspecified atom stereocenters. The topological polar surface area (TPSA) is 198 Å². The smallest absolute Gasteiger partial charge is 0.329 e. The Balaban J connectivity index is 1.67. The van der Waals surface area contributed by atoms with Gasteiger partial charge in [0.1, 0.15) is 35.1 Å². The molecule has 3 heterocycles. The summed E-state index contributed by atoms with van der Waals surface area (Å²) in [6.45, 7) is 15.4. The van der Waals surface area contributed by atoms with Crippen LogP contribution < -0.4 is 10.6 Å². The monoisotopic (exact) mass is 970 g/mol. The van der Waals surface area contributed by atoms with Gasteiger partial charge in [0.05, 0.1) is 26.3 Å². The second-order valence-electron chi connectivity index (χ2n) is 19.0. The molecule has 0 radical (unpaired) electrons. The number of hydrogen-bond donors (Lipinski definition) is 6. The van der Waals surface area contributed by atoms with Crippen molar-refractivity contribution in [3.8, 4) is 23.0 Å². The third-order valence-corrected chi connectivity index (χ3v) is 15.1. The highest BCUT2D eigenvalue weighted by atomic mass is 33.1. The zero-order valence-electron chi connectivity index (χ0n) is 40.7. The largest absolute Gasteiger partial charge is 0.507 e. The zero-order chi connectivity index (χ0) is 49.7. The third-order valence-electron chi connectivity index (χ3n) is 12.6. The second kappa shape index (κ2) is 22.3. The quantitative estimate of drug-likeness (QED) is 0.0903. The van der Waals surface area contributed by atoms with E-state index in [9.17, 15) is 39.6 Å². The van der Waals surface area contributed by atoms with E-state index in [1.54, 1.807) is 0 Å². The molecule has 366 valence electrons. The minimum Gasteiger partial charge on any atom is -0.507 e. The fraction of sp³-hybridized carbons (Fsp3) is 0.462. The molecule has 0 spiro atoms. The van der Waals surface area contributed by atoms with Gasteiger partial charge in [-0.3, -0.25) is 19.4 Å². The molecule has 0 aromatic heterocycles. The van der Waals surface area contributed by atoms with Crippen LogP contribution in [0.2, 0.25) is 0 Å². The third kappa shape index (κ3) is 12.1. The summed E-state index contributed by atoms with van der Waals surface area (Å²) < 4.78 is 10.3. The van der Waals surface area contributed by atoms with Gasteiger partial charge in [-0.05, 0) is 61.8 Å². The minimum atomic E-state index is -1.11. The van der Waals surface area contributed by atoms with Gasteiger partial charge in [-0.2, -0.15) is 0 Å². The van der Waals surface area contributed by atoms with Crippen LogP contribution in [0.1, 0.15) is 94.5 Å². The van der Waals surface area contributed by atoms with Crippen molar-refractivity contribution in [2.75, 3.05) is 25.7 Å². The first-order chi connectivity index (χ1) is 32.2. The minimum absolute atomic E-state index is 0.0172. The Morgan fingerprint density at radius 2 is 0.765 bits per heavy atom. The highest BCUT2D eigenvalue weighted by molar-refractivity contribution is 8.76. The SMILES string of the molecule is COC(=O)C1CSSC[C@@H](C(=O)OC)NC(=O)[C@H](C(C)C)N2Cc3cc(C)cc(c3O)Cc3cc(C)cc(c3O)CN(Cc3cc(C)cc(c3O)Cc3cc(C)cc(c3O)C2)[C@H](C(C)C)C(=O)N1. The van der Waals surface area contributed by atoms with E-state index in [1.807, 2.05) is 114 Å². The normalized spacial score (nSPS) is 22.0. The summed E-state index contributed by atoms with van der Waals surface area (Å²) >= 11 is 0. The highest BCUT2D eigenvalue weighted by Gasteiger charge is 2.37. The van der Waals surface area contributed by atoms with E-state index in [4.69, 9.17) is 9.47 Å². The van der Waals surface area contributed by atoms with Crippen LogP contribution in [0.15, 0.2) is 48.5 Å². The first-order valence-electron chi connectivity index (χ1n) is 22.9. The number of carbonyl (C=O) groups excluding carboxylic acids is 4. The average Bonchev–Trinajstić information content (AvgIpc) is 3.26. The van der Waals surface area contributed by atoms with Crippen molar-refractivity contribution in [1.29, 1.82) is 0 Å². The van der Waals surface area contributed by atoms with Gasteiger partial charge in [0.25, 0.3) is 0 Å². The summed E-state index contributed by atoms with van der Waals surface area (Å²) in [5.74, 6) is -3.04. The number of benzene rings is 4. The molecule has 14 nitrogen and oxygen atoms in total. The second-order valence-corrected chi connectivity index (χ2v) is 21.6. The van der Waals surface area contributed by atoms with Crippen molar-refractivity contribution < 1.29 is 49.1 Å². The summed E-state index contributed by atoms with van der Waals surface area (Å²) in [5, 5.41) is 54.8. The van der Waals surface area contributed by atoms with Gasteiger partial charge in [0.15, 0.2) is 0 Å². The van der Waals surface area contributed by atoms with E-state index in [0.717, 1.165) is 22.3 Å². The Morgan fingerprint density at radius 3 is 1.00 bits per heavy atom. The number of nitrogens with one attached hydrogen (secondary N) is 2. The Kier molecular flexibility index (Phi) is 17.1. The van der Waals surface area contributed by atoms with Crippen LogP contribution in [-0.2, 0) is 67.7 Å². The number of amides is 2. The summed E-state index contributed by atoms with van der Waals surface area (Å²) in [6.07, 6.45) is 0.258. The van der Waals surface area contributed by atoms with E-state index < -0.39 is 47.9 Å². The lowest BCUT2D eigenvalue weighted by Gasteiger charge is -2.35. The van der Waals surface area contributed by atoms with Crippen LogP contribution in [-0.4, -0.2) is 104 Å². The molecule has 0 saturated carbocycles. The maximum Gasteiger partial charge on any atom is 0.329 e. The van der Waals surface area contributed by atoms with Gasteiger partial charge < -0.3 is 40.5 Å². The number of carbonyl (C=O) groups is 4. The van der Waals surface area contributed by atoms with Gasteiger partial charge >= 0.3 is 11.9 Å². The highest BCUT2D eigenvalue weighted by Crippen LogP contribution is 2.38. The maximum absolute atomic E-state index is 14.8. The summed E-state index contributed by atoms with van der Waals surface area (Å²) in [6, 6.07) is 10.8. The molecule has 4 atom stereocenters. The molecule has 16 heteroatoms. The molecule has 4 aromatic rings. The number of ether oxygens (including phenoxy) is 2. The summed E-state index contributed by atoms with van der Waals surface area (Å²) in [7, 11) is 4.90. The zero-order valence-corrected chi connectivity index (χ0v) is 42.3. The van der Waals surface area contributed by atoms with Crippen molar-refractivity contribution in [2.24, 2.45) is 11.8 Å². The number of hydrogen-bond acceptors (Lipinski definition) is 14. The average molecular weight is 971 g/mol. The predicted octanol–water partition coefficient (Wildman–Crippen LogP) is 7.00. The van der Waals surface area contributed by atoms with E-state index in [0.29, 0.717) is 44.5 Å². The molecule has 0 saturated heterocycles. The fourth-order valence-corrected chi connectivity index (χ4v) is 12.0. The fourth-order valence-electron chi connectivity index (χ4n) is 9.70. The first-order valence-corrected chi connectivity index (χ1v) is 25.4. The number of nitrogens with zero attached hydrogens (tertiary/aromatic N) is 2. The molecule has 0 fully saturated rings. The molecule has 10 bridgehead atoms. The molecular weight excluding hydrogens is 905 g/mol. The van der Waals surface area contributed by atoms with Gasteiger partial charge in [-0.15, -0.1) is 0 Å². The number of aryl methyl sites for hydroxylation is 4. The van der Waals surface area contributed by atoms with E-state index in [2.05, 4.69) is 10.6 Å². The van der Waals surface area contributed by atoms with Crippen LogP contribution in [0.25, 0.3) is 0 Å². The van der Waals surface area contributed by atoms with E-state index in [-0.39, 0.29) is 85.4 Å². The lowest BCUT2D eigenvalue weighted by molar-refractivity contribution is -0.145. The molecule has 3 aliphatic heterocycles. The molecule has 68 heavy (non-hydrogen) atoms.